The van der Waals surface area contributed by atoms with E-state index in [0.717, 1.165) is 38.5 Å². The molecule has 8 heteroatoms. The first-order valence-corrected chi connectivity index (χ1v) is 12.8. The highest BCUT2D eigenvalue weighted by Gasteiger charge is 2.53. The summed E-state index contributed by atoms with van der Waals surface area (Å²) in [5.74, 6) is 0.663. The Bertz CT molecular complexity index is 940. The van der Waals surface area contributed by atoms with Crippen LogP contribution in [0.4, 0.5) is 4.39 Å². The number of rotatable bonds is 8. The number of hydrogen-bond acceptors (Lipinski definition) is 5. The van der Waals surface area contributed by atoms with Crippen molar-refractivity contribution >= 4 is 15.7 Å². The second-order valence-corrected chi connectivity index (χ2v) is 12.5. The lowest BCUT2D eigenvalue weighted by molar-refractivity contribution is -0.141. The van der Waals surface area contributed by atoms with Crippen molar-refractivity contribution in [3.05, 3.63) is 36.2 Å². The monoisotopic (exact) mass is 466 g/mol. The Morgan fingerprint density at radius 2 is 1.69 bits per heavy atom. The fourth-order valence-corrected chi connectivity index (χ4v) is 6.79. The molecule has 0 atom stereocenters. The van der Waals surface area contributed by atoms with E-state index in [4.69, 9.17) is 10.5 Å². The van der Waals surface area contributed by atoms with Gasteiger partial charge in [0.25, 0.3) is 0 Å². The summed E-state index contributed by atoms with van der Waals surface area (Å²) < 4.78 is 44.4. The van der Waals surface area contributed by atoms with Gasteiger partial charge in [-0.15, -0.1) is 0 Å². The van der Waals surface area contributed by atoms with E-state index in [2.05, 4.69) is 5.32 Å². The van der Waals surface area contributed by atoms with E-state index in [-0.39, 0.29) is 46.1 Å². The molecule has 3 N–H and O–H groups in total. The molecule has 0 aromatic heterocycles. The zero-order valence-electron chi connectivity index (χ0n) is 19.2. The Kier molecular flexibility index (Phi) is 7.05. The Morgan fingerprint density at radius 3 is 2.16 bits per heavy atom. The molecule has 2 bridgehead atoms. The van der Waals surface area contributed by atoms with Crippen LogP contribution in [0.15, 0.2) is 41.1 Å². The van der Waals surface area contributed by atoms with Crippen molar-refractivity contribution in [3.8, 4) is 5.75 Å². The molecule has 32 heavy (non-hydrogen) atoms. The molecule has 0 saturated heterocycles. The van der Waals surface area contributed by atoms with Gasteiger partial charge in [-0.25, -0.2) is 12.8 Å². The van der Waals surface area contributed by atoms with Gasteiger partial charge in [-0.3, -0.25) is 4.79 Å². The summed E-state index contributed by atoms with van der Waals surface area (Å²) in [4.78, 5) is 13.2. The predicted octanol–water partition coefficient (Wildman–Crippen LogP) is 3.91. The van der Waals surface area contributed by atoms with Crippen LogP contribution in [0.5, 0.6) is 5.75 Å². The number of fused-ring (bicyclic) bond motifs is 3. The quantitative estimate of drug-likeness (QED) is 0.605. The molecule has 4 rings (SSSR count). The molecule has 1 aromatic carbocycles. The first-order chi connectivity index (χ1) is 14.9. The number of hydrogen-bond donors (Lipinski definition) is 2. The Hall–Kier alpha value is -1.93. The molecule has 0 unspecified atom stereocenters. The van der Waals surface area contributed by atoms with Gasteiger partial charge in [0.1, 0.15) is 12.4 Å². The summed E-state index contributed by atoms with van der Waals surface area (Å²) in [6.45, 7) is 6.02. The van der Waals surface area contributed by atoms with Gasteiger partial charge in [0.15, 0.2) is 9.84 Å². The van der Waals surface area contributed by atoms with Gasteiger partial charge in [-0.05, 0) is 89.0 Å². The lowest BCUT2D eigenvalue weighted by Crippen LogP contribution is -2.55. The van der Waals surface area contributed by atoms with E-state index in [9.17, 15) is 17.6 Å². The van der Waals surface area contributed by atoms with Crippen LogP contribution in [0.2, 0.25) is 0 Å². The molecule has 178 valence electrons. The number of amides is 1. The number of carbonyl (C=O) groups is 1. The first-order valence-electron chi connectivity index (χ1n) is 11.2. The van der Waals surface area contributed by atoms with Crippen molar-refractivity contribution < 1.29 is 22.3 Å². The highest BCUT2D eigenvalue weighted by atomic mass is 32.2. The number of halogens is 1. The third-order valence-electron chi connectivity index (χ3n) is 6.89. The van der Waals surface area contributed by atoms with Gasteiger partial charge in [0, 0.05) is 23.1 Å². The average Bonchev–Trinajstić information content (AvgIpc) is 2.74. The van der Waals surface area contributed by atoms with Gasteiger partial charge >= 0.3 is 0 Å². The molecular weight excluding hydrogens is 431 g/mol. The fraction of sp³-hybridized carbons (Fsp3) is 0.625. The second kappa shape index (κ2) is 9.14. The molecule has 3 aliphatic rings. The number of benzene rings is 1. The Balaban J connectivity index is 1.64. The first kappa shape index (κ1) is 24.7. The number of carbonyl (C=O) groups excluding carboxylic acids is 1. The Labute approximate surface area is 190 Å². The van der Waals surface area contributed by atoms with E-state index < -0.39 is 9.84 Å². The van der Waals surface area contributed by atoms with Gasteiger partial charge in [0.2, 0.25) is 5.91 Å². The minimum Gasteiger partial charge on any atom is -0.489 e. The summed E-state index contributed by atoms with van der Waals surface area (Å²) in [5, 5.41) is 3.12. The van der Waals surface area contributed by atoms with Crippen molar-refractivity contribution in [1.82, 2.24) is 5.32 Å². The van der Waals surface area contributed by atoms with Gasteiger partial charge < -0.3 is 15.8 Å². The van der Waals surface area contributed by atoms with Crippen LogP contribution in [0.3, 0.4) is 0 Å². The maximum Gasteiger partial charge on any atom is 0.226 e. The standard InChI is InChI=1S/C24H35FN2O4S/c1-22(2,3)27-21(28)24-11-8-23(9-12-24,10-13-24)17-32(29,30)20-6-4-19(5-7-20)31-16-18(14-25)15-26/h4-7,14H,8-13,15-17,26H2,1-3H3,(H,27,28). The third kappa shape index (κ3) is 5.52. The molecule has 1 amide bonds. The molecular formula is C24H35FN2O4S. The molecule has 0 aliphatic heterocycles. The van der Waals surface area contributed by atoms with Crippen LogP contribution < -0.4 is 15.8 Å². The van der Waals surface area contributed by atoms with E-state index in [0.29, 0.717) is 17.7 Å². The van der Waals surface area contributed by atoms with Crippen LogP contribution in [0, 0.1) is 10.8 Å². The Morgan fingerprint density at radius 1 is 1.12 bits per heavy atom. The van der Waals surface area contributed by atoms with Crippen LogP contribution in [-0.2, 0) is 14.6 Å². The summed E-state index contributed by atoms with van der Waals surface area (Å²) in [7, 11) is -3.48. The molecule has 0 radical (unpaired) electrons. The predicted molar refractivity (Wildman–Crippen MR) is 123 cm³/mol. The smallest absolute Gasteiger partial charge is 0.226 e. The van der Waals surface area contributed by atoms with E-state index in [1.54, 1.807) is 12.1 Å². The normalized spacial score (nSPS) is 26.1. The average molecular weight is 467 g/mol. The molecule has 3 aliphatic carbocycles. The summed E-state index contributed by atoms with van der Waals surface area (Å²) in [6.07, 6.45) is 4.90. The van der Waals surface area contributed by atoms with Crippen LogP contribution in [0.25, 0.3) is 0 Å². The minimum absolute atomic E-state index is 0.0206. The van der Waals surface area contributed by atoms with E-state index in [1.165, 1.54) is 12.1 Å². The van der Waals surface area contributed by atoms with Crippen molar-refractivity contribution in [2.75, 3.05) is 18.9 Å². The molecule has 0 heterocycles. The zero-order valence-corrected chi connectivity index (χ0v) is 20.1. The highest BCUT2D eigenvalue weighted by molar-refractivity contribution is 7.91. The van der Waals surface area contributed by atoms with Crippen molar-refractivity contribution in [2.45, 2.75) is 69.7 Å². The third-order valence-corrected chi connectivity index (χ3v) is 8.87. The topological polar surface area (TPSA) is 98.5 Å². The molecule has 3 saturated carbocycles. The van der Waals surface area contributed by atoms with Crippen molar-refractivity contribution in [1.29, 1.82) is 0 Å². The summed E-state index contributed by atoms with van der Waals surface area (Å²) in [6, 6.07) is 6.24. The van der Waals surface area contributed by atoms with E-state index in [1.807, 2.05) is 20.8 Å². The molecule has 3 fully saturated rings. The van der Waals surface area contributed by atoms with E-state index >= 15 is 0 Å². The number of nitrogens with one attached hydrogen (secondary N) is 1. The number of ether oxygens (including phenoxy) is 1. The fourth-order valence-electron chi connectivity index (χ4n) is 4.83. The number of nitrogens with two attached hydrogens (primary N) is 1. The highest BCUT2D eigenvalue weighted by Crippen LogP contribution is 2.57. The van der Waals surface area contributed by atoms with Crippen molar-refractivity contribution in [2.24, 2.45) is 16.6 Å². The zero-order chi connectivity index (χ0) is 23.6. The summed E-state index contributed by atoms with van der Waals surface area (Å²) in [5.41, 5.74) is 4.84. The minimum atomic E-state index is -3.48. The van der Waals surface area contributed by atoms with Gasteiger partial charge in [-0.2, -0.15) is 0 Å². The number of sulfone groups is 1. The van der Waals surface area contributed by atoms with Crippen LogP contribution >= 0.6 is 0 Å². The largest absolute Gasteiger partial charge is 0.489 e. The van der Waals surface area contributed by atoms with Crippen LogP contribution in [-0.4, -0.2) is 38.8 Å². The SMILES string of the molecule is CC(C)(C)NC(=O)C12CCC(CS(=O)(=O)c3ccc(OCC(=CF)CN)cc3)(CC1)CC2. The molecule has 0 spiro atoms. The van der Waals surface area contributed by atoms with Crippen molar-refractivity contribution in [3.63, 3.8) is 0 Å². The molecule has 1 aromatic rings. The van der Waals surface area contributed by atoms with Gasteiger partial charge in [-0.1, -0.05) is 0 Å². The maximum absolute atomic E-state index is 13.2. The lowest BCUT2D eigenvalue weighted by Gasteiger charge is -2.52. The molecule has 6 nitrogen and oxygen atoms in total. The summed E-state index contributed by atoms with van der Waals surface area (Å²) >= 11 is 0. The second-order valence-electron chi connectivity index (χ2n) is 10.5. The van der Waals surface area contributed by atoms with Crippen LogP contribution in [0.1, 0.15) is 59.3 Å². The van der Waals surface area contributed by atoms with Gasteiger partial charge in [0.05, 0.1) is 17.0 Å². The lowest BCUT2D eigenvalue weighted by atomic mass is 9.54. The maximum atomic E-state index is 13.2.